The summed E-state index contributed by atoms with van der Waals surface area (Å²) in [5.41, 5.74) is 1.71. The molecule has 0 bridgehead atoms. The minimum atomic E-state index is -3.99. The minimum Gasteiger partial charge on any atom is -0.495 e. The van der Waals surface area contributed by atoms with Crippen molar-refractivity contribution in [1.82, 2.24) is 0 Å². The van der Waals surface area contributed by atoms with Gasteiger partial charge in [-0.1, -0.05) is 41.4 Å². The molecule has 156 valence electrons. The van der Waals surface area contributed by atoms with Crippen LogP contribution in [0.15, 0.2) is 77.7 Å². The first kappa shape index (κ1) is 21.7. The fourth-order valence-electron chi connectivity index (χ4n) is 2.83. The van der Waals surface area contributed by atoms with E-state index in [2.05, 4.69) is 5.32 Å². The van der Waals surface area contributed by atoms with Crippen LogP contribution in [0.1, 0.15) is 5.56 Å². The number of nitrogens with zero attached hydrogens (tertiary/aromatic N) is 1. The van der Waals surface area contributed by atoms with Gasteiger partial charge in [-0.3, -0.25) is 9.10 Å². The Balaban J connectivity index is 1.94. The molecule has 1 N–H and O–H groups in total. The Bertz CT molecular complexity index is 1130. The van der Waals surface area contributed by atoms with Gasteiger partial charge >= 0.3 is 0 Å². The molecule has 0 spiro atoms. The summed E-state index contributed by atoms with van der Waals surface area (Å²) in [6.07, 6.45) is 0. The summed E-state index contributed by atoms with van der Waals surface area (Å²) >= 11 is 5.95. The molecule has 0 saturated heterocycles. The third-order valence-corrected chi connectivity index (χ3v) is 6.43. The largest absolute Gasteiger partial charge is 0.495 e. The SMILES string of the molecule is COc1ccccc1NC(=O)CN(c1ccc(Cl)cc1)S(=O)(=O)c1ccc(C)cc1. The van der Waals surface area contributed by atoms with Gasteiger partial charge < -0.3 is 10.1 Å². The molecule has 1 amide bonds. The number of methoxy groups -OCH3 is 1. The third-order valence-electron chi connectivity index (χ3n) is 4.39. The molecule has 0 aliphatic carbocycles. The number of para-hydroxylation sites is 2. The van der Waals surface area contributed by atoms with Gasteiger partial charge in [0.25, 0.3) is 10.0 Å². The van der Waals surface area contributed by atoms with Crippen molar-refractivity contribution in [2.24, 2.45) is 0 Å². The molecule has 0 saturated carbocycles. The van der Waals surface area contributed by atoms with E-state index in [1.54, 1.807) is 60.7 Å². The zero-order valence-electron chi connectivity index (χ0n) is 16.5. The number of hydrogen-bond donors (Lipinski definition) is 1. The monoisotopic (exact) mass is 444 g/mol. The number of benzene rings is 3. The van der Waals surface area contributed by atoms with Crippen LogP contribution in [0.3, 0.4) is 0 Å². The molecule has 0 atom stereocenters. The summed E-state index contributed by atoms with van der Waals surface area (Å²) in [6, 6.07) is 19.6. The van der Waals surface area contributed by atoms with Crippen LogP contribution < -0.4 is 14.4 Å². The average molecular weight is 445 g/mol. The number of nitrogens with one attached hydrogen (secondary N) is 1. The molecule has 0 fully saturated rings. The molecule has 30 heavy (non-hydrogen) atoms. The second-order valence-corrected chi connectivity index (χ2v) is 8.85. The van der Waals surface area contributed by atoms with E-state index in [0.29, 0.717) is 22.1 Å². The van der Waals surface area contributed by atoms with Gasteiger partial charge in [-0.2, -0.15) is 0 Å². The molecule has 0 aliphatic heterocycles. The lowest BCUT2D eigenvalue weighted by atomic mass is 10.2. The van der Waals surface area contributed by atoms with Gasteiger partial charge in [0.15, 0.2) is 0 Å². The van der Waals surface area contributed by atoms with E-state index in [0.717, 1.165) is 9.87 Å². The fourth-order valence-corrected chi connectivity index (χ4v) is 4.37. The van der Waals surface area contributed by atoms with E-state index in [-0.39, 0.29) is 4.90 Å². The summed E-state index contributed by atoms with van der Waals surface area (Å²) < 4.78 is 32.9. The minimum absolute atomic E-state index is 0.0909. The summed E-state index contributed by atoms with van der Waals surface area (Å²) in [5.74, 6) is -0.0320. The van der Waals surface area contributed by atoms with Crippen molar-refractivity contribution in [3.63, 3.8) is 0 Å². The highest BCUT2D eigenvalue weighted by Gasteiger charge is 2.27. The molecule has 6 nitrogen and oxygen atoms in total. The average Bonchev–Trinajstić information content (AvgIpc) is 2.73. The Morgan fingerprint density at radius 3 is 2.27 bits per heavy atom. The highest BCUT2D eigenvalue weighted by atomic mass is 35.5. The zero-order valence-corrected chi connectivity index (χ0v) is 18.1. The Labute approximate surface area is 181 Å². The number of halogens is 1. The quantitative estimate of drug-likeness (QED) is 0.582. The molecule has 3 rings (SSSR count). The lowest BCUT2D eigenvalue weighted by Crippen LogP contribution is -2.38. The van der Waals surface area contributed by atoms with Crippen molar-refractivity contribution >= 4 is 38.9 Å². The predicted octanol–water partition coefficient (Wildman–Crippen LogP) is 4.49. The van der Waals surface area contributed by atoms with Gasteiger partial charge in [0.1, 0.15) is 12.3 Å². The highest BCUT2D eigenvalue weighted by molar-refractivity contribution is 7.92. The van der Waals surface area contributed by atoms with Crippen LogP contribution in [-0.4, -0.2) is 28.0 Å². The molecule has 0 heterocycles. The summed E-state index contributed by atoms with van der Waals surface area (Å²) in [6.45, 7) is 1.45. The molecule has 8 heteroatoms. The smallest absolute Gasteiger partial charge is 0.264 e. The molecule has 0 aromatic heterocycles. The Hall–Kier alpha value is -3.03. The molecular formula is C22H21ClN2O4S. The number of rotatable bonds is 7. The maximum absolute atomic E-state index is 13.3. The standard InChI is InChI=1S/C22H21ClN2O4S/c1-16-7-13-19(14-8-16)30(27,28)25(18-11-9-17(23)10-12-18)15-22(26)24-20-5-3-4-6-21(20)29-2/h3-14H,15H2,1-2H3,(H,24,26). The molecular weight excluding hydrogens is 424 g/mol. The van der Waals surface area contributed by atoms with Crippen LogP contribution in [0.4, 0.5) is 11.4 Å². The van der Waals surface area contributed by atoms with Crippen molar-refractivity contribution in [3.8, 4) is 5.75 Å². The van der Waals surface area contributed by atoms with E-state index in [1.165, 1.54) is 19.2 Å². The second kappa shape index (κ2) is 9.19. The van der Waals surface area contributed by atoms with E-state index in [4.69, 9.17) is 16.3 Å². The van der Waals surface area contributed by atoms with Gasteiger partial charge in [-0.25, -0.2) is 8.42 Å². The molecule has 3 aromatic rings. The highest BCUT2D eigenvalue weighted by Crippen LogP contribution is 2.27. The van der Waals surface area contributed by atoms with Crippen LogP contribution in [-0.2, 0) is 14.8 Å². The number of hydrogen-bond acceptors (Lipinski definition) is 4. The van der Waals surface area contributed by atoms with Crippen LogP contribution in [0, 0.1) is 6.92 Å². The van der Waals surface area contributed by atoms with Gasteiger partial charge in [-0.15, -0.1) is 0 Å². The van der Waals surface area contributed by atoms with Crippen molar-refractivity contribution in [1.29, 1.82) is 0 Å². The fraction of sp³-hybridized carbons (Fsp3) is 0.136. The van der Waals surface area contributed by atoms with E-state index in [1.807, 2.05) is 6.92 Å². The van der Waals surface area contributed by atoms with Crippen LogP contribution in [0.2, 0.25) is 5.02 Å². The number of ether oxygens (including phenoxy) is 1. The van der Waals surface area contributed by atoms with Gasteiger partial charge in [0.05, 0.1) is 23.4 Å². The summed E-state index contributed by atoms with van der Waals surface area (Å²) in [5, 5.41) is 3.17. The van der Waals surface area contributed by atoms with Gasteiger partial charge in [0.2, 0.25) is 5.91 Å². The lowest BCUT2D eigenvalue weighted by molar-refractivity contribution is -0.114. The van der Waals surface area contributed by atoms with Crippen LogP contribution in [0.5, 0.6) is 5.75 Å². The number of amides is 1. The summed E-state index contributed by atoms with van der Waals surface area (Å²) in [7, 11) is -2.50. The lowest BCUT2D eigenvalue weighted by Gasteiger charge is -2.24. The maximum atomic E-state index is 13.3. The zero-order chi connectivity index (χ0) is 21.7. The predicted molar refractivity (Wildman–Crippen MR) is 119 cm³/mol. The first-order valence-corrected chi connectivity index (χ1v) is 10.9. The number of sulfonamides is 1. The Kier molecular flexibility index (Phi) is 6.64. The number of carbonyl (C=O) groups is 1. The van der Waals surface area contributed by atoms with E-state index < -0.39 is 22.5 Å². The Morgan fingerprint density at radius 1 is 1.00 bits per heavy atom. The second-order valence-electron chi connectivity index (χ2n) is 6.55. The van der Waals surface area contributed by atoms with Gasteiger partial charge in [0, 0.05) is 5.02 Å². The van der Waals surface area contributed by atoms with Crippen LogP contribution >= 0.6 is 11.6 Å². The first-order valence-electron chi connectivity index (χ1n) is 9.09. The molecule has 3 aromatic carbocycles. The number of aryl methyl sites for hydroxylation is 1. The third kappa shape index (κ3) is 4.93. The number of anilines is 2. The normalized spacial score (nSPS) is 11.0. The maximum Gasteiger partial charge on any atom is 0.264 e. The molecule has 0 unspecified atom stereocenters. The van der Waals surface area contributed by atoms with Crippen molar-refractivity contribution < 1.29 is 17.9 Å². The van der Waals surface area contributed by atoms with Crippen molar-refractivity contribution in [2.75, 3.05) is 23.3 Å². The van der Waals surface area contributed by atoms with E-state index >= 15 is 0 Å². The van der Waals surface area contributed by atoms with Gasteiger partial charge in [-0.05, 0) is 55.5 Å². The molecule has 0 aliphatic rings. The van der Waals surface area contributed by atoms with Crippen LogP contribution in [0.25, 0.3) is 0 Å². The van der Waals surface area contributed by atoms with Crippen molar-refractivity contribution in [2.45, 2.75) is 11.8 Å². The topological polar surface area (TPSA) is 75.7 Å². The number of carbonyl (C=O) groups excluding carboxylic acids is 1. The van der Waals surface area contributed by atoms with E-state index in [9.17, 15) is 13.2 Å². The van der Waals surface area contributed by atoms with Crippen molar-refractivity contribution in [3.05, 3.63) is 83.4 Å². The molecule has 0 radical (unpaired) electrons. The Morgan fingerprint density at radius 2 is 1.63 bits per heavy atom. The summed E-state index contributed by atoms with van der Waals surface area (Å²) in [4.78, 5) is 12.9. The first-order chi connectivity index (χ1) is 14.3.